The molecule has 0 fully saturated rings. The van der Waals surface area contributed by atoms with E-state index in [1.807, 2.05) is 0 Å². The first-order valence-electron chi connectivity index (χ1n) is 5.13. The summed E-state index contributed by atoms with van der Waals surface area (Å²) in [6.45, 7) is 3.47. The lowest BCUT2D eigenvalue weighted by Gasteiger charge is -2.13. The van der Waals surface area contributed by atoms with Gasteiger partial charge in [0.05, 0.1) is 18.0 Å². The number of rotatable bonds is 5. The van der Waals surface area contributed by atoms with Crippen molar-refractivity contribution < 1.29 is 18.8 Å². The van der Waals surface area contributed by atoms with Crippen LogP contribution in [0.25, 0.3) is 0 Å². The molecule has 0 bridgehead atoms. The highest BCUT2D eigenvalue weighted by atomic mass is 19.1. The Hall–Kier alpha value is -2.24. The third-order valence-corrected chi connectivity index (χ3v) is 2.45. The molecule has 0 amide bonds. The van der Waals surface area contributed by atoms with E-state index < -0.39 is 22.6 Å². The molecule has 1 aromatic rings. The van der Waals surface area contributed by atoms with Gasteiger partial charge in [-0.1, -0.05) is 6.08 Å². The zero-order valence-electron chi connectivity index (χ0n) is 9.76. The first kappa shape index (κ1) is 13.8. The standard InChI is InChI=1S/C12H12FNO4/c1-3-4-9(12(15)18-2)10-7-8(13)5-6-11(10)14(16)17/h3,5-7,9H,1,4H2,2H3. The highest BCUT2D eigenvalue weighted by Crippen LogP contribution is 2.30. The number of hydrogen-bond donors (Lipinski definition) is 0. The summed E-state index contributed by atoms with van der Waals surface area (Å²) in [5, 5.41) is 10.9. The minimum atomic E-state index is -0.927. The van der Waals surface area contributed by atoms with E-state index in [-0.39, 0.29) is 17.7 Å². The molecule has 18 heavy (non-hydrogen) atoms. The molecule has 0 heterocycles. The van der Waals surface area contributed by atoms with Crippen LogP contribution in [-0.2, 0) is 9.53 Å². The van der Waals surface area contributed by atoms with Crippen LogP contribution in [0.5, 0.6) is 0 Å². The van der Waals surface area contributed by atoms with Gasteiger partial charge < -0.3 is 4.74 Å². The van der Waals surface area contributed by atoms with Crippen molar-refractivity contribution in [2.75, 3.05) is 7.11 Å². The molecule has 5 nitrogen and oxygen atoms in total. The zero-order chi connectivity index (χ0) is 13.7. The Morgan fingerprint density at radius 1 is 1.67 bits per heavy atom. The van der Waals surface area contributed by atoms with Crippen LogP contribution in [0.15, 0.2) is 30.9 Å². The number of ether oxygens (including phenoxy) is 1. The Labute approximate surface area is 103 Å². The summed E-state index contributed by atoms with van der Waals surface area (Å²) in [6.07, 6.45) is 1.56. The summed E-state index contributed by atoms with van der Waals surface area (Å²) >= 11 is 0. The molecule has 0 aliphatic carbocycles. The van der Waals surface area contributed by atoms with Crippen molar-refractivity contribution in [3.8, 4) is 0 Å². The van der Waals surface area contributed by atoms with Crippen LogP contribution >= 0.6 is 0 Å². The van der Waals surface area contributed by atoms with Crippen LogP contribution in [-0.4, -0.2) is 18.0 Å². The first-order valence-corrected chi connectivity index (χ1v) is 5.13. The van der Waals surface area contributed by atoms with Crippen LogP contribution in [0.3, 0.4) is 0 Å². The number of nitro groups is 1. The van der Waals surface area contributed by atoms with E-state index in [0.29, 0.717) is 0 Å². The van der Waals surface area contributed by atoms with Crippen LogP contribution in [0.2, 0.25) is 0 Å². The number of esters is 1. The normalized spacial score (nSPS) is 11.7. The number of hydrogen-bond acceptors (Lipinski definition) is 4. The summed E-state index contributed by atoms with van der Waals surface area (Å²) < 4.78 is 17.7. The second kappa shape index (κ2) is 5.90. The average molecular weight is 253 g/mol. The average Bonchev–Trinajstić information content (AvgIpc) is 2.34. The number of halogens is 1. The number of methoxy groups -OCH3 is 1. The van der Waals surface area contributed by atoms with Crippen LogP contribution < -0.4 is 0 Å². The maximum Gasteiger partial charge on any atom is 0.313 e. The number of nitrogens with zero attached hydrogens (tertiary/aromatic N) is 1. The molecule has 96 valence electrons. The fourth-order valence-corrected chi connectivity index (χ4v) is 1.63. The van der Waals surface area contributed by atoms with E-state index >= 15 is 0 Å². The minimum absolute atomic E-state index is 0.00764. The summed E-state index contributed by atoms with van der Waals surface area (Å²) in [5.74, 6) is -2.24. The fourth-order valence-electron chi connectivity index (χ4n) is 1.63. The quantitative estimate of drug-likeness (QED) is 0.350. The molecule has 1 rings (SSSR count). The molecular formula is C12H12FNO4. The lowest BCUT2D eigenvalue weighted by molar-refractivity contribution is -0.385. The second-order valence-corrected chi connectivity index (χ2v) is 3.56. The first-order chi connectivity index (χ1) is 8.51. The lowest BCUT2D eigenvalue weighted by Crippen LogP contribution is -2.15. The fraction of sp³-hybridized carbons (Fsp3) is 0.250. The molecule has 0 aromatic heterocycles. The molecular weight excluding hydrogens is 241 g/mol. The maximum absolute atomic E-state index is 13.2. The van der Waals surface area contributed by atoms with Crippen molar-refractivity contribution in [2.24, 2.45) is 0 Å². The number of allylic oxidation sites excluding steroid dienone is 1. The van der Waals surface area contributed by atoms with E-state index in [9.17, 15) is 19.3 Å². The zero-order valence-corrected chi connectivity index (χ0v) is 9.76. The van der Waals surface area contributed by atoms with Gasteiger partial charge in [0.25, 0.3) is 5.69 Å². The minimum Gasteiger partial charge on any atom is -0.469 e. The molecule has 0 saturated carbocycles. The van der Waals surface area contributed by atoms with Crippen molar-refractivity contribution in [1.82, 2.24) is 0 Å². The third-order valence-electron chi connectivity index (χ3n) is 2.45. The van der Waals surface area contributed by atoms with Gasteiger partial charge in [0, 0.05) is 11.6 Å². The van der Waals surface area contributed by atoms with Gasteiger partial charge in [-0.25, -0.2) is 4.39 Å². The Balaban J connectivity index is 3.33. The van der Waals surface area contributed by atoms with Gasteiger partial charge in [0.2, 0.25) is 0 Å². The van der Waals surface area contributed by atoms with Crippen LogP contribution in [0.4, 0.5) is 10.1 Å². The topological polar surface area (TPSA) is 69.4 Å². The van der Waals surface area contributed by atoms with Gasteiger partial charge in [-0.2, -0.15) is 0 Å². The summed E-state index contributed by atoms with van der Waals surface area (Å²) in [4.78, 5) is 21.8. The van der Waals surface area contributed by atoms with E-state index in [4.69, 9.17) is 0 Å². The lowest BCUT2D eigenvalue weighted by atomic mass is 9.94. The molecule has 0 N–H and O–H groups in total. The van der Waals surface area contributed by atoms with Gasteiger partial charge in [0.1, 0.15) is 5.82 Å². The van der Waals surface area contributed by atoms with Crippen molar-refractivity contribution >= 4 is 11.7 Å². The van der Waals surface area contributed by atoms with Crippen molar-refractivity contribution in [2.45, 2.75) is 12.3 Å². The van der Waals surface area contributed by atoms with Crippen molar-refractivity contribution in [3.05, 3.63) is 52.3 Å². The van der Waals surface area contributed by atoms with Gasteiger partial charge in [-0.15, -0.1) is 6.58 Å². The monoisotopic (exact) mass is 253 g/mol. The highest BCUT2D eigenvalue weighted by molar-refractivity contribution is 5.79. The Morgan fingerprint density at radius 2 is 2.33 bits per heavy atom. The van der Waals surface area contributed by atoms with Crippen molar-refractivity contribution in [1.29, 1.82) is 0 Å². The number of carbonyl (C=O) groups excluding carboxylic acids is 1. The Kier molecular flexibility index (Phi) is 4.53. The predicted octanol–water partition coefficient (Wildman–Crippen LogP) is 2.57. The molecule has 1 aromatic carbocycles. The Morgan fingerprint density at radius 3 is 2.83 bits per heavy atom. The van der Waals surface area contributed by atoms with Gasteiger partial charge in [0.15, 0.2) is 0 Å². The SMILES string of the molecule is C=CCC(C(=O)OC)c1cc(F)ccc1[N+](=O)[O-]. The molecule has 0 spiro atoms. The predicted molar refractivity (Wildman–Crippen MR) is 62.6 cm³/mol. The number of nitro benzene ring substituents is 1. The van der Waals surface area contributed by atoms with Gasteiger partial charge >= 0.3 is 5.97 Å². The Bertz CT molecular complexity index is 487. The van der Waals surface area contributed by atoms with Crippen LogP contribution in [0.1, 0.15) is 17.9 Å². The summed E-state index contributed by atoms with van der Waals surface area (Å²) in [7, 11) is 1.17. The summed E-state index contributed by atoms with van der Waals surface area (Å²) in [5.41, 5.74) is -0.319. The maximum atomic E-state index is 13.2. The van der Waals surface area contributed by atoms with Crippen molar-refractivity contribution in [3.63, 3.8) is 0 Å². The van der Waals surface area contributed by atoms with E-state index in [1.165, 1.54) is 13.2 Å². The number of carbonyl (C=O) groups is 1. The molecule has 0 radical (unpaired) electrons. The molecule has 1 atom stereocenters. The second-order valence-electron chi connectivity index (χ2n) is 3.56. The highest BCUT2D eigenvalue weighted by Gasteiger charge is 2.28. The van der Waals surface area contributed by atoms with E-state index in [0.717, 1.165) is 18.2 Å². The molecule has 0 aliphatic rings. The van der Waals surface area contributed by atoms with Crippen LogP contribution in [0, 0.1) is 15.9 Å². The summed E-state index contributed by atoms with van der Waals surface area (Å²) in [6, 6.07) is 2.98. The molecule has 1 unspecified atom stereocenters. The molecule has 6 heteroatoms. The third kappa shape index (κ3) is 2.91. The van der Waals surface area contributed by atoms with E-state index in [2.05, 4.69) is 11.3 Å². The van der Waals surface area contributed by atoms with Gasteiger partial charge in [-0.3, -0.25) is 14.9 Å². The largest absolute Gasteiger partial charge is 0.469 e. The number of benzene rings is 1. The molecule has 0 saturated heterocycles. The molecule has 0 aliphatic heterocycles. The van der Waals surface area contributed by atoms with Gasteiger partial charge in [-0.05, 0) is 18.6 Å². The smallest absolute Gasteiger partial charge is 0.313 e. The van der Waals surface area contributed by atoms with E-state index in [1.54, 1.807) is 0 Å².